The lowest BCUT2D eigenvalue weighted by Gasteiger charge is -2.38. The zero-order valence-electron chi connectivity index (χ0n) is 21.1. The molecule has 1 atom stereocenters. The number of rotatable bonds is 6. The van der Waals surface area contributed by atoms with Gasteiger partial charge in [0.2, 0.25) is 10.0 Å². The van der Waals surface area contributed by atoms with E-state index in [1.807, 2.05) is 42.5 Å². The summed E-state index contributed by atoms with van der Waals surface area (Å²) in [6, 6.07) is 20.9. The molecule has 5 N–H and O–H groups in total. The Morgan fingerprint density at radius 3 is 2.46 bits per heavy atom. The van der Waals surface area contributed by atoms with Crippen LogP contribution in [-0.4, -0.2) is 40.5 Å². The minimum absolute atomic E-state index is 0.0443. The molecule has 1 unspecified atom stereocenters. The first kappa shape index (κ1) is 26.7. The molecular weight excluding hydrogens is 538 g/mol. The number of nitrogens with one attached hydrogen (secondary N) is 2. The molecule has 202 valence electrons. The molecule has 1 aliphatic carbocycles. The van der Waals surface area contributed by atoms with Gasteiger partial charge in [-0.05, 0) is 42.7 Å². The predicted octanol–water partition coefficient (Wildman–Crippen LogP) is 5.82. The van der Waals surface area contributed by atoms with Gasteiger partial charge in [0.05, 0.1) is 23.0 Å². The lowest BCUT2D eigenvalue weighted by Crippen LogP contribution is -2.42. The van der Waals surface area contributed by atoms with Crippen LogP contribution in [0.4, 0.5) is 11.4 Å². The topological polar surface area (TPSA) is 148 Å². The fourth-order valence-electron chi connectivity index (χ4n) is 4.79. The van der Waals surface area contributed by atoms with Crippen molar-refractivity contribution in [1.82, 2.24) is 0 Å². The van der Waals surface area contributed by atoms with Crippen LogP contribution in [0.2, 0.25) is 0 Å². The van der Waals surface area contributed by atoms with Crippen LogP contribution < -0.4 is 10.0 Å². The van der Waals surface area contributed by atoms with Gasteiger partial charge in [0.15, 0.2) is 11.6 Å². The van der Waals surface area contributed by atoms with E-state index in [9.17, 15) is 27.4 Å². The van der Waals surface area contributed by atoms with Gasteiger partial charge in [-0.15, -0.1) is 4.40 Å². The molecule has 0 radical (unpaired) electrons. The van der Waals surface area contributed by atoms with E-state index in [4.69, 9.17) is 0 Å². The van der Waals surface area contributed by atoms with E-state index in [2.05, 4.69) is 14.4 Å². The summed E-state index contributed by atoms with van der Waals surface area (Å²) in [5, 5.41) is 14.2. The number of hydrogen-bond acceptors (Lipinski definition) is 8. The van der Waals surface area contributed by atoms with Crippen LogP contribution >= 0.6 is 10.8 Å². The summed E-state index contributed by atoms with van der Waals surface area (Å²) in [6.45, 7) is 1.79. The summed E-state index contributed by atoms with van der Waals surface area (Å²) < 4.78 is 51.4. The molecule has 0 amide bonds. The minimum atomic E-state index is -3.85. The van der Waals surface area contributed by atoms with Gasteiger partial charge in [-0.25, -0.2) is 8.42 Å². The van der Waals surface area contributed by atoms with Gasteiger partial charge < -0.3 is 10.4 Å². The average Bonchev–Trinajstić information content (AvgIpc) is 2.88. The van der Waals surface area contributed by atoms with E-state index < -0.39 is 32.0 Å². The lowest BCUT2D eigenvalue weighted by molar-refractivity contribution is -0.120. The maximum atomic E-state index is 14.1. The van der Waals surface area contributed by atoms with Crippen molar-refractivity contribution in [3.8, 4) is 0 Å². The predicted molar refractivity (Wildman–Crippen MR) is 156 cm³/mol. The third-order valence-electron chi connectivity index (χ3n) is 6.67. The summed E-state index contributed by atoms with van der Waals surface area (Å²) in [7, 11) is -7.46. The standard InChI is InChI=1S/C28H27N3O6S2/c1-28(16-8-11-18-9-4-3-5-10-18)21-13-7-6-12-20(21)25(32)24(26(28)33)27-29-22-15-14-19(30-38(2,34)35)17-23(22)39(36,37)31-27/h3-15,17,30,32,36-37H,16H2,1-2H3,(H,29,31)/b11-8+. The van der Waals surface area contributed by atoms with Gasteiger partial charge in [-0.2, -0.15) is 0 Å². The van der Waals surface area contributed by atoms with Crippen molar-refractivity contribution in [2.75, 3.05) is 16.3 Å². The number of Topliss-reactive ketones (excluding diaryl/α,β-unsaturated/α-hetero) is 1. The van der Waals surface area contributed by atoms with Crippen molar-refractivity contribution >= 4 is 55.6 Å². The molecule has 0 aromatic heterocycles. The molecule has 1 heterocycles. The van der Waals surface area contributed by atoms with Crippen molar-refractivity contribution < 1.29 is 27.4 Å². The van der Waals surface area contributed by atoms with Crippen LogP contribution in [0.25, 0.3) is 11.8 Å². The zero-order valence-corrected chi connectivity index (χ0v) is 22.8. The summed E-state index contributed by atoms with van der Waals surface area (Å²) in [4.78, 5) is 14.0. The Morgan fingerprint density at radius 1 is 1.05 bits per heavy atom. The molecule has 0 bridgehead atoms. The molecule has 3 aromatic rings. The minimum Gasteiger partial charge on any atom is -0.506 e. The van der Waals surface area contributed by atoms with Crippen molar-refractivity contribution in [3.05, 3.63) is 101 Å². The molecule has 0 saturated carbocycles. The fraction of sp³-hybridized carbons (Fsp3) is 0.143. The highest BCUT2D eigenvalue weighted by Gasteiger charge is 2.46. The first-order valence-corrected chi connectivity index (χ1v) is 15.4. The van der Waals surface area contributed by atoms with Gasteiger partial charge in [0.25, 0.3) is 0 Å². The van der Waals surface area contributed by atoms with Crippen LogP contribution in [0.3, 0.4) is 0 Å². The molecule has 0 saturated heterocycles. The number of aliphatic hydroxyl groups excluding tert-OH is 1. The Hall–Kier alpha value is -3.90. The number of benzene rings is 3. The number of aliphatic hydroxyl groups is 1. The Labute approximate surface area is 228 Å². The molecule has 0 fully saturated rings. The van der Waals surface area contributed by atoms with Gasteiger partial charge in [0.1, 0.15) is 16.2 Å². The molecule has 2 aliphatic rings. The third kappa shape index (κ3) is 5.09. The lowest BCUT2D eigenvalue weighted by atomic mass is 9.67. The number of amidine groups is 1. The van der Waals surface area contributed by atoms with Crippen molar-refractivity contribution in [3.63, 3.8) is 0 Å². The van der Waals surface area contributed by atoms with Gasteiger partial charge >= 0.3 is 0 Å². The second-order valence-electron chi connectivity index (χ2n) is 9.62. The Morgan fingerprint density at radius 2 is 1.74 bits per heavy atom. The summed E-state index contributed by atoms with van der Waals surface area (Å²) in [5.74, 6) is -0.932. The second kappa shape index (κ2) is 9.69. The van der Waals surface area contributed by atoms with E-state index in [1.165, 1.54) is 18.2 Å². The first-order chi connectivity index (χ1) is 18.4. The highest BCUT2D eigenvalue weighted by Crippen LogP contribution is 2.57. The SMILES string of the molecule is CC1(C/C=C/c2ccccc2)C(=O)C(C2=NS(O)(O)c3cc(NS(C)(=O)=O)ccc3N2)=C(O)c2ccccc21. The smallest absolute Gasteiger partial charge is 0.229 e. The van der Waals surface area contributed by atoms with Gasteiger partial charge in [0, 0.05) is 5.56 Å². The normalized spacial score (nSPS) is 21.0. The fourth-order valence-corrected chi connectivity index (χ4v) is 6.54. The largest absolute Gasteiger partial charge is 0.506 e. The number of nitrogens with zero attached hydrogens (tertiary/aromatic N) is 1. The monoisotopic (exact) mass is 565 g/mol. The van der Waals surface area contributed by atoms with E-state index in [-0.39, 0.29) is 33.4 Å². The second-order valence-corrected chi connectivity index (χ2v) is 13.0. The highest BCUT2D eigenvalue weighted by atomic mass is 32.3. The average molecular weight is 566 g/mol. The maximum absolute atomic E-state index is 14.1. The Bertz CT molecular complexity index is 1680. The van der Waals surface area contributed by atoms with Gasteiger partial charge in [-0.3, -0.25) is 18.6 Å². The van der Waals surface area contributed by atoms with Crippen LogP contribution in [0.15, 0.2) is 93.7 Å². The quantitative estimate of drug-likeness (QED) is 0.253. The third-order valence-corrected chi connectivity index (χ3v) is 8.64. The molecule has 39 heavy (non-hydrogen) atoms. The van der Waals surface area contributed by atoms with E-state index >= 15 is 0 Å². The number of ketones is 1. The van der Waals surface area contributed by atoms with Crippen molar-refractivity contribution in [1.29, 1.82) is 0 Å². The number of anilines is 2. The molecule has 0 spiro atoms. The molecule has 11 heteroatoms. The molecular formula is C28H27N3O6S2. The molecule has 9 nitrogen and oxygen atoms in total. The Kier molecular flexibility index (Phi) is 6.63. The first-order valence-electron chi connectivity index (χ1n) is 12.0. The van der Waals surface area contributed by atoms with Crippen LogP contribution in [0.1, 0.15) is 30.0 Å². The van der Waals surface area contributed by atoms with E-state index in [0.29, 0.717) is 17.5 Å². The number of carbonyl (C=O) groups is 1. The molecule has 1 aliphatic heterocycles. The zero-order chi connectivity index (χ0) is 28.0. The van der Waals surface area contributed by atoms with Gasteiger partial charge in [-0.1, -0.05) is 77.5 Å². The van der Waals surface area contributed by atoms with Crippen molar-refractivity contribution in [2.24, 2.45) is 4.40 Å². The van der Waals surface area contributed by atoms with Crippen LogP contribution in [0.5, 0.6) is 0 Å². The van der Waals surface area contributed by atoms with E-state index in [0.717, 1.165) is 11.8 Å². The summed E-state index contributed by atoms with van der Waals surface area (Å²) in [6.07, 6.45) is 5.12. The number of fused-ring (bicyclic) bond motifs is 2. The van der Waals surface area contributed by atoms with E-state index in [1.54, 1.807) is 31.2 Å². The van der Waals surface area contributed by atoms with Crippen LogP contribution in [-0.2, 0) is 20.2 Å². The number of sulfonamides is 1. The maximum Gasteiger partial charge on any atom is 0.229 e. The summed E-state index contributed by atoms with van der Waals surface area (Å²) in [5.41, 5.74) is 1.17. The Balaban J connectivity index is 1.56. The van der Waals surface area contributed by atoms with Crippen LogP contribution in [0, 0.1) is 0 Å². The highest BCUT2D eigenvalue weighted by molar-refractivity contribution is 8.23. The number of hydrogen-bond donors (Lipinski definition) is 5. The molecule has 5 rings (SSSR count). The van der Waals surface area contributed by atoms with Crippen molar-refractivity contribution in [2.45, 2.75) is 23.7 Å². The molecule has 3 aromatic carbocycles. The number of carbonyl (C=O) groups excluding carboxylic acids is 1. The number of allylic oxidation sites excluding steroid dienone is 1. The summed E-state index contributed by atoms with van der Waals surface area (Å²) >= 11 is 0.